The summed E-state index contributed by atoms with van der Waals surface area (Å²) in [7, 11) is 2.03. The number of benzene rings is 1. The van der Waals surface area contributed by atoms with Crippen LogP contribution in [0.2, 0.25) is 0 Å². The number of piperidine rings is 1. The fraction of sp³-hybridized carbons (Fsp3) is 0.625. The first kappa shape index (κ1) is 14.4. The molecule has 106 valence electrons. The van der Waals surface area contributed by atoms with E-state index in [1.807, 2.05) is 7.05 Å². The van der Waals surface area contributed by atoms with Crippen molar-refractivity contribution in [3.8, 4) is 0 Å². The van der Waals surface area contributed by atoms with E-state index in [4.69, 9.17) is 0 Å². The first-order chi connectivity index (χ1) is 9.30. The zero-order valence-corrected chi connectivity index (χ0v) is 12.1. The van der Waals surface area contributed by atoms with E-state index >= 15 is 0 Å². The van der Waals surface area contributed by atoms with Gasteiger partial charge in [0, 0.05) is 31.4 Å². The molecule has 2 unspecified atom stereocenters. The molecule has 1 aromatic rings. The minimum absolute atomic E-state index is 0.307. The highest BCUT2D eigenvalue weighted by molar-refractivity contribution is 5.55. The van der Waals surface area contributed by atoms with Crippen molar-refractivity contribution >= 4 is 5.69 Å². The molecule has 1 aromatic carbocycles. The van der Waals surface area contributed by atoms with Gasteiger partial charge in [0.05, 0.1) is 0 Å². The number of rotatable bonds is 5. The Morgan fingerprint density at radius 3 is 2.89 bits per heavy atom. The number of aliphatic hydroxyl groups excluding tert-OH is 1. The van der Waals surface area contributed by atoms with Crippen molar-refractivity contribution in [2.75, 3.05) is 31.6 Å². The van der Waals surface area contributed by atoms with Crippen LogP contribution in [0.3, 0.4) is 0 Å². The predicted octanol–water partition coefficient (Wildman–Crippen LogP) is 2.57. The number of nitrogens with zero attached hydrogens (tertiary/aromatic N) is 1. The van der Waals surface area contributed by atoms with Crippen LogP contribution >= 0.6 is 0 Å². The molecular weight excluding hydrogens is 236 g/mol. The maximum absolute atomic E-state index is 9.39. The normalized spacial score (nSPS) is 21.4. The molecule has 2 atom stereocenters. The van der Waals surface area contributed by atoms with Gasteiger partial charge in [-0.05, 0) is 43.9 Å². The Labute approximate surface area is 116 Å². The summed E-state index contributed by atoms with van der Waals surface area (Å²) in [6.45, 7) is 4.61. The molecule has 0 spiro atoms. The minimum Gasteiger partial charge on any atom is -0.396 e. The quantitative estimate of drug-likeness (QED) is 0.856. The van der Waals surface area contributed by atoms with E-state index in [9.17, 15) is 5.11 Å². The standard InChI is InChI=1S/C16H26N2O/c1-3-15(17-2)14-8-4-5-9-16(14)18-10-6-7-13(11-18)12-19/h4-5,8-9,13,15,17,19H,3,6-7,10-12H2,1-2H3. The Morgan fingerprint density at radius 2 is 2.21 bits per heavy atom. The smallest absolute Gasteiger partial charge is 0.0476 e. The van der Waals surface area contributed by atoms with E-state index in [-0.39, 0.29) is 0 Å². The van der Waals surface area contributed by atoms with Gasteiger partial charge in [-0.2, -0.15) is 0 Å². The molecule has 3 heteroatoms. The lowest BCUT2D eigenvalue weighted by Gasteiger charge is -2.36. The van der Waals surface area contributed by atoms with Crippen molar-refractivity contribution in [1.29, 1.82) is 0 Å². The van der Waals surface area contributed by atoms with Gasteiger partial charge in [0.1, 0.15) is 0 Å². The number of hydrogen-bond acceptors (Lipinski definition) is 3. The van der Waals surface area contributed by atoms with Gasteiger partial charge in [-0.3, -0.25) is 0 Å². The Balaban J connectivity index is 2.23. The van der Waals surface area contributed by atoms with Crippen LogP contribution in [0.4, 0.5) is 5.69 Å². The zero-order valence-electron chi connectivity index (χ0n) is 12.1. The van der Waals surface area contributed by atoms with Gasteiger partial charge in [0.15, 0.2) is 0 Å². The fourth-order valence-corrected chi connectivity index (χ4v) is 3.08. The van der Waals surface area contributed by atoms with E-state index in [0.717, 1.165) is 25.9 Å². The molecule has 19 heavy (non-hydrogen) atoms. The predicted molar refractivity (Wildman–Crippen MR) is 80.6 cm³/mol. The lowest BCUT2D eigenvalue weighted by Crippen LogP contribution is -2.37. The molecule has 0 amide bonds. The van der Waals surface area contributed by atoms with Crippen molar-refractivity contribution in [1.82, 2.24) is 5.32 Å². The maximum atomic E-state index is 9.39. The van der Waals surface area contributed by atoms with Gasteiger partial charge in [-0.1, -0.05) is 25.1 Å². The van der Waals surface area contributed by atoms with Crippen LogP contribution in [-0.4, -0.2) is 31.9 Å². The summed E-state index contributed by atoms with van der Waals surface area (Å²) in [6, 6.07) is 9.08. The lowest BCUT2D eigenvalue weighted by atomic mass is 9.96. The van der Waals surface area contributed by atoms with Gasteiger partial charge >= 0.3 is 0 Å². The monoisotopic (exact) mass is 262 g/mol. The van der Waals surface area contributed by atoms with E-state index < -0.39 is 0 Å². The summed E-state index contributed by atoms with van der Waals surface area (Å²) in [5.41, 5.74) is 2.72. The molecule has 0 bridgehead atoms. The molecule has 1 fully saturated rings. The Bertz CT molecular complexity index is 390. The second kappa shape index (κ2) is 6.92. The molecule has 0 radical (unpaired) electrons. The average Bonchev–Trinajstić information content (AvgIpc) is 2.49. The largest absolute Gasteiger partial charge is 0.396 e. The van der Waals surface area contributed by atoms with E-state index in [1.54, 1.807) is 0 Å². The third-order valence-corrected chi connectivity index (χ3v) is 4.19. The highest BCUT2D eigenvalue weighted by atomic mass is 16.3. The van der Waals surface area contributed by atoms with Crippen LogP contribution in [0, 0.1) is 5.92 Å². The van der Waals surface area contributed by atoms with Crippen molar-refractivity contribution in [3.05, 3.63) is 29.8 Å². The lowest BCUT2D eigenvalue weighted by molar-refractivity contribution is 0.208. The summed E-state index contributed by atoms with van der Waals surface area (Å²) in [6.07, 6.45) is 3.42. The van der Waals surface area contributed by atoms with E-state index in [0.29, 0.717) is 18.6 Å². The van der Waals surface area contributed by atoms with Crippen LogP contribution in [0.15, 0.2) is 24.3 Å². The Morgan fingerprint density at radius 1 is 1.42 bits per heavy atom. The first-order valence-corrected chi connectivity index (χ1v) is 7.42. The molecule has 0 aliphatic carbocycles. The number of para-hydroxylation sites is 1. The van der Waals surface area contributed by atoms with E-state index in [1.165, 1.54) is 17.7 Å². The van der Waals surface area contributed by atoms with Gasteiger partial charge < -0.3 is 15.3 Å². The van der Waals surface area contributed by atoms with Crippen LogP contribution in [0.25, 0.3) is 0 Å². The van der Waals surface area contributed by atoms with Gasteiger partial charge in [0.2, 0.25) is 0 Å². The SMILES string of the molecule is CCC(NC)c1ccccc1N1CCCC(CO)C1. The molecule has 1 aliphatic heterocycles. The van der Waals surface area contributed by atoms with Gasteiger partial charge in [0.25, 0.3) is 0 Å². The molecule has 0 saturated carbocycles. The highest BCUT2D eigenvalue weighted by Gasteiger charge is 2.22. The summed E-state index contributed by atoms with van der Waals surface area (Å²) in [5, 5.41) is 12.8. The van der Waals surface area contributed by atoms with Gasteiger partial charge in [-0.15, -0.1) is 0 Å². The van der Waals surface area contributed by atoms with Crippen LogP contribution < -0.4 is 10.2 Å². The molecule has 1 saturated heterocycles. The van der Waals surface area contributed by atoms with Crippen LogP contribution in [0.5, 0.6) is 0 Å². The summed E-state index contributed by atoms with van der Waals surface area (Å²) in [4.78, 5) is 2.44. The fourth-order valence-electron chi connectivity index (χ4n) is 3.08. The second-order valence-corrected chi connectivity index (χ2v) is 5.45. The number of nitrogens with one attached hydrogen (secondary N) is 1. The third-order valence-electron chi connectivity index (χ3n) is 4.19. The second-order valence-electron chi connectivity index (χ2n) is 5.45. The van der Waals surface area contributed by atoms with E-state index in [2.05, 4.69) is 41.4 Å². The van der Waals surface area contributed by atoms with Gasteiger partial charge in [-0.25, -0.2) is 0 Å². The number of aliphatic hydroxyl groups is 1. The molecule has 3 nitrogen and oxygen atoms in total. The van der Waals surface area contributed by atoms with Crippen molar-refractivity contribution < 1.29 is 5.11 Å². The average molecular weight is 262 g/mol. The Hall–Kier alpha value is -1.06. The topological polar surface area (TPSA) is 35.5 Å². The Kier molecular flexibility index (Phi) is 5.23. The summed E-state index contributed by atoms with van der Waals surface area (Å²) in [5.74, 6) is 0.427. The van der Waals surface area contributed by atoms with Crippen LogP contribution in [-0.2, 0) is 0 Å². The van der Waals surface area contributed by atoms with Crippen molar-refractivity contribution in [2.24, 2.45) is 5.92 Å². The summed E-state index contributed by atoms with van der Waals surface area (Å²) >= 11 is 0. The summed E-state index contributed by atoms with van der Waals surface area (Å²) < 4.78 is 0. The molecule has 1 aliphatic rings. The molecular formula is C16H26N2O. The molecule has 0 aromatic heterocycles. The molecule has 1 heterocycles. The zero-order chi connectivity index (χ0) is 13.7. The van der Waals surface area contributed by atoms with Crippen molar-refractivity contribution in [2.45, 2.75) is 32.2 Å². The molecule has 2 rings (SSSR count). The van der Waals surface area contributed by atoms with Crippen molar-refractivity contribution in [3.63, 3.8) is 0 Å². The van der Waals surface area contributed by atoms with Crippen LogP contribution in [0.1, 0.15) is 37.8 Å². The third kappa shape index (κ3) is 3.28. The maximum Gasteiger partial charge on any atom is 0.0476 e. The number of anilines is 1. The molecule has 2 N–H and O–H groups in total. The number of hydrogen-bond donors (Lipinski definition) is 2. The highest BCUT2D eigenvalue weighted by Crippen LogP contribution is 2.31. The minimum atomic E-state index is 0.307. The first-order valence-electron chi connectivity index (χ1n) is 7.42.